The molecule has 2 heterocycles. The van der Waals surface area contributed by atoms with Gasteiger partial charge in [0.2, 0.25) is 10.0 Å². The molecule has 0 saturated carbocycles. The third-order valence-corrected chi connectivity index (χ3v) is 6.60. The van der Waals surface area contributed by atoms with Gasteiger partial charge in [0.1, 0.15) is 0 Å². The van der Waals surface area contributed by atoms with Gasteiger partial charge in [-0.15, -0.1) is 0 Å². The Labute approximate surface area is 133 Å². The molecule has 2 unspecified atom stereocenters. The summed E-state index contributed by atoms with van der Waals surface area (Å²) in [6.07, 6.45) is 1.85. The highest BCUT2D eigenvalue weighted by Crippen LogP contribution is 2.21. The summed E-state index contributed by atoms with van der Waals surface area (Å²) in [6.45, 7) is 5.09. The first-order valence-electron chi connectivity index (χ1n) is 7.46. The Bertz CT molecular complexity index is 574. The van der Waals surface area contributed by atoms with E-state index in [2.05, 4.69) is 4.72 Å². The second-order valence-electron chi connectivity index (χ2n) is 6.15. The van der Waals surface area contributed by atoms with Crippen LogP contribution >= 0.6 is 0 Å². The molecule has 0 aromatic carbocycles. The molecule has 2 aliphatic rings. The fourth-order valence-electron chi connectivity index (χ4n) is 2.99. The summed E-state index contributed by atoms with van der Waals surface area (Å²) in [5.41, 5.74) is 0. The van der Waals surface area contributed by atoms with Gasteiger partial charge < -0.3 is 4.74 Å². The van der Waals surface area contributed by atoms with Gasteiger partial charge in [-0.05, 0) is 26.7 Å². The summed E-state index contributed by atoms with van der Waals surface area (Å²) in [7, 11) is -6.77. The summed E-state index contributed by atoms with van der Waals surface area (Å²) < 4.78 is 58.8. The molecule has 2 atom stereocenters. The van der Waals surface area contributed by atoms with E-state index in [4.69, 9.17) is 4.74 Å². The lowest BCUT2D eigenvalue weighted by Gasteiger charge is -2.39. The van der Waals surface area contributed by atoms with Crippen molar-refractivity contribution in [2.45, 2.75) is 44.9 Å². The van der Waals surface area contributed by atoms with E-state index in [0.717, 1.165) is 6.26 Å². The van der Waals surface area contributed by atoms with Gasteiger partial charge in [0.25, 0.3) is 10.2 Å². The lowest BCUT2D eigenvalue weighted by atomic mass is 10.1. The third-order valence-electron chi connectivity index (χ3n) is 3.87. The smallest absolute Gasteiger partial charge is 0.282 e. The van der Waals surface area contributed by atoms with Crippen molar-refractivity contribution in [1.29, 1.82) is 0 Å². The number of rotatable bonds is 4. The van der Waals surface area contributed by atoms with E-state index in [1.54, 1.807) is 0 Å². The van der Waals surface area contributed by atoms with Crippen LogP contribution in [-0.4, -0.2) is 76.1 Å². The highest BCUT2D eigenvalue weighted by atomic mass is 32.2. The SMILES string of the molecule is CC1CN(S(=O)(=O)N2CCC(NS(C)(=O)=O)CC2)CC(C)O1. The molecule has 0 spiro atoms. The minimum Gasteiger partial charge on any atom is -0.373 e. The van der Waals surface area contributed by atoms with Crippen LogP contribution in [0.2, 0.25) is 0 Å². The van der Waals surface area contributed by atoms with Crippen molar-refractivity contribution in [2.24, 2.45) is 0 Å². The van der Waals surface area contributed by atoms with Crippen molar-refractivity contribution >= 4 is 20.2 Å². The second kappa shape index (κ2) is 6.70. The van der Waals surface area contributed by atoms with Crippen LogP contribution in [0.1, 0.15) is 26.7 Å². The fourth-order valence-corrected chi connectivity index (χ4v) is 5.63. The molecule has 0 aromatic heterocycles. The van der Waals surface area contributed by atoms with Crippen molar-refractivity contribution in [3.63, 3.8) is 0 Å². The van der Waals surface area contributed by atoms with Gasteiger partial charge in [-0.25, -0.2) is 13.1 Å². The molecule has 0 aromatic rings. The van der Waals surface area contributed by atoms with Crippen LogP contribution in [-0.2, 0) is 25.0 Å². The van der Waals surface area contributed by atoms with Crippen molar-refractivity contribution in [1.82, 2.24) is 13.3 Å². The number of hydrogen-bond donors (Lipinski definition) is 1. The zero-order valence-corrected chi connectivity index (χ0v) is 14.9. The van der Waals surface area contributed by atoms with E-state index in [1.807, 2.05) is 13.8 Å². The predicted molar refractivity (Wildman–Crippen MR) is 83.1 cm³/mol. The lowest BCUT2D eigenvalue weighted by molar-refractivity contribution is -0.0456. The number of hydrogen-bond acceptors (Lipinski definition) is 5. The molecular formula is C12H25N3O5S2. The molecule has 8 nitrogen and oxygen atoms in total. The summed E-state index contributed by atoms with van der Waals surface area (Å²) in [5, 5.41) is 0. The standard InChI is InChI=1S/C12H25N3O5S2/c1-10-8-15(9-11(2)20-10)22(18,19)14-6-4-12(5-7-14)13-21(3,16)17/h10-13H,4-9H2,1-3H3. The van der Waals surface area contributed by atoms with E-state index < -0.39 is 20.2 Å². The third kappa shape index (κ3) is 4.62. The maximum Gasteiger partial charge on any atom is 0.282 e. The fraction of sp³-hybridized carbons (Fsp3) is 1.00. The Hall–Kier alpha value is -0.260. The first-order valence-corrected chi connectivity index (χ1v) is 10.7. The first-order chi connectivity index (χ1) is 10.1. The monoisotopic (exact) mass is 355 g/mol. The number of sulfonamides is 1. The van der Waals surface area contributed by atoms with Crippen molar-refractivity contribution < 1.29 is 21.6 Å². The Balaban J connectivity index is 1.97. The number of piperidine rings is 1. The molecule has 130 valence electrons. The van der Waals surface area contributed by atoms with Crippen LogP contribution in [0.25, 0.3) is 0 Å². The summed E-state index contributed by atoms with van der Waals surface area (Å²) in [4.78, 5) is 0. The number of nitrogens with one attached hydrogen (secondary N) is 1. The Morgan fingerprint density at radius 1 is 0.955 bits per heavy atom. The van der Waals surface area contributed by atoms with E-state index in [0.29, 0.717) is 39.0 Å². The van der Waals surface area contributed by atoms with Gasteiger partial charge >= 0.3 is 0 Å². The van der Waals surface area contributed by atoms with E-state index in [9.17, 15) is 16.8 Å². The molecule has 0 aliphatic carbocycles. The molecule has 2 rings (SSSR count). The molecule has 1 N–H and O–H groups in total. The first kappa shape index (κ1) is 18.1. The van der Waals surface area contributed by atoms with Gasteiger partial charge in [-0.1, -0.05) is 0 Å². The van der Waals surface area contributed by atoms with Gasteiger partial charge in [0.15, 0.2) is 0 Å². The van der Waals surface area contributed by atoms with Gasteiger partial charge in [-0.3, -0.25) is 0 Å². The number of morpholine rings is 1. The Kier molecular flexibility index (Phi) is 5.50. The molecular weight excluding hydrogens is 330 g/mol. The molecule has 10 heteroatoms. The van der Waals surface area contributed by atoms with Gasteiger partial charge in [0, 0.05) is 32.2 Å². The summed E-state index contributed by atoms with van der Waals surface area (Å²) >= 11 is 0. The topological polar surface area (TPSA) is 96.0 Å². The van der Waals surface area contributed by atoms with Crippen molar-refractivity contribution in [3.05, 3.63) is 0 Å². The number of nitrogens with zero attached hydrogens (tertiary/aromatic N) is 2. The normalized spacial score (nSPS) is 30.5. The molecule has 22 heavy (non-hydrogen) atoms. The zero-order chi connectivity index (χ0) is 16.5. The molecule has 0 amide bonds. The molecule has 0 bridgehead atoms. The maximum absolute atomic E-state index is 12.7. The minimum absolute atomic E-state index is 0.122. The highest BCUT2D eigenvalue weighted by Gasteiger charge is 2.37. The summed E-state index contributed by atoms with van der Waals surface area (Å²) in [6, 6.07) is -0.191. The average Bonchev–Trinajstić information content (AvgIpc) is 2.36. The molecule has 2 saturated heterocycles. The number of ether oxygens (including phenoxy) is 1. The van der Waals surface area contributed by atoms with Crippen molar-refractivity contribution in [2.75, 3.05) is 32.4 Å². The Morgan fingerprint density at radius 2 is 1.45 bits per heavy atom. The van der Waals surface area contributed by atoms with Crippen molar-refractivity contribution in [3.8, 4) is 0 Å². The van der Waals surface area contributed by atoms with E-state index in [-0.39, 0.29) is 18.2 Å². The van der Waals surface area contributed by atoms with Crippen LogP contribution in [0.4, 0.5) is 0 Å². The maximum atomic E-state index is 12.7. The van der Waals surface area contributed by atoms with Crippen LogP contribution in [0.3, 0.4) is 0 Å². The Morgan fingerprint density at radius 3 is 1.91 bits per heavy atom. The quantitative estimate of drug-likeness (QED) is 0.723. The van der Waals surface area contributed by atoms with E-state index >= 15 is 0 Å². The van der Waals surface area contributed by atoms with Crippen LogP contribution in [0.5, 0.6) is 0 Å². The van der Waals surface area contributed by atoms with Crippen LogP contribution < -0.4 is 4.72 Å². The van der Waals surface area contributed by atoms with Gasteiger partial charge in [-0.2, -0.15) is 17.0 Å². The lowest BCUT2D eigenvalue weighted by Crippen LogP contribution is -2.55. The molecule has 2 aliphatic heterocycles. The van der Waals surface area contributed by atoms with Gasteiger partial charge in [0.05, 0.1) is 18.5 Å². The predicted octanol–water partition coefficient (Wildman–Crippen LogP) is -0.646. The highest BCUT2D eigenvalue weighted by molar-refractivity contribution is 7.88. The van der Waals surface area contributed by atoms with Crippen LogP contribution in [0, 0.1) is 0 Å². The molecule has 0 radical (unpaired) electrons. The zero-order valence-electron chi connectivity index (χ0n) is 13.2. The largest absolute Gasteiger partial charge is 0.373 e. The minimum atomic E-state index is -3.51. The van der Waals surface area contributed by atoms with E-state index in [1.165, 1.54) is 8.61 Å². The van der Waals surface area contributed by atoms with Crippen LogP contribution in [0.15, 0.2) is 0 Å². The average molecular weight is 355 g/mol. The molecule has 2 fully saturated rings. The second-order valence-corrected chi connectivity index (χ2v) is 9.85. The summed E-state index contributed by atoms with van der Waals surface area (Å²) in [5.74, 6) is 0.